The summed E-state index contributed by atoms with van der Waals surface area (Å²) in [5, 5.41) is 15.3. The van der Waals surface area contributed by atoms with Crippen molar-refractivity contribution in [3.05, 3.63) is 0 Å². The van der Waals surface area contributed by atoms with E-state index in [1.807, 2.05) is 0 Å². The van der Waals surface area contributed by atoms with Crippen molar-refractivity contribution in [3.8, 4) is 0 Å². The fraction of sp³-hybridized carbons (Fsp3) is 0.500. The molecule has 0 radical (unpaired) electrons. The second-order valence-corrected chi connectivity index (χ2v) is 0.774. The van der Waals surface area contributed by atoms with E-state index in [4.69, 9.17) is 10.3 Å². The second-order valence-electron chi connectivity index (χ2n) is 0.774. The first-order valence-electron chi connectivity index (χ1n) is 1.50. The molecule has 0 heterocycles. The molecule has 0 fully saturated rings. The number of hydrogen-bond acceptors (Lipinski definition) is 4. The molecule has 5 nitrogen and oxygen atoms in total. The fourth-order valence-corrected chi connectivity index (χ4v) is 0.0940. The fourth-order valence-electron chi connectivity index (χ4n) is 0.0940. The molecular weight excluding hydrogens is 102 g/mol. The Hall–Kier alpha value is -0.650. The van der Waals surface area contributed by atoms with Crippen LogP contribution in [-0.2, 0) is 9.63 Å². The van der Waals surface area contributed by atoms with Crippen molar-refractivity contribution in [3.63, 3.8) is 0 Å². The predicted molar refractivity (Wildman–Crippen MR) is 18.5 cm³/mol. The molecule has 3 N–H and O–H groups in total. The van der Waals surface area contributed by atoms with Crippen molar-refractivity contribution in [1.29, 1.82) is 0 Å². The van der Waals surface area contributed by atoms with Gasteiger partial charge in [0.2, 0.25) is 0 Å². The van der Waals surface area contributed by atoms with Gasteiger partial charge < -0.3 is 5.11 Å². The van der Waals surface area contributed by atoms with Crippen LogP contribution in [0.25, 0.3) is 0 Å². The Morgan fingerprint density at radius 2 is 2.43 bits per heavy atom. The minimum Gasteiger partial charge on any atom is -0.479 e. The van der Waals surface area contributed by atoms with Crippen LogP contribution in [-0.4, -0.2) is 22.9 Å². The molecule has 0 aliphatic carbocycles. The molecule has 0 aromatic carbocycles. The average molecular weight is 107 g/mol. The van der Waals surface area contributed by atoms with Crippen LogP contribution in [0.4, 0.5) is 0 Å². The summed E-state index contributed by atoms with van der Waals surface area (Å²) in [6, 6.07) is 0. The molecule has 42 valence electrons. The van der Waals surface area contributed by atoms with Crippen LogP contribution in [0.3, 0.4) is 0 Å². The van der Waals surface area contributed by atoms with Gasteiger partial charge in [0, 0.05) is 0 Å². The summed E-state index contributed by atoms with van der Waals surface area (Å²) in [7, 11) is 0. The van der Waals surface area contributed by atoms with Gasteiger partial charge in [-0.15, -0.1) is 0 Å². The Morgan fingerprint density at radius 3 is 2.57 bits per heavy atom. The van der Waals surface area contributed by atoms with Gasteiger partial charge in [0.15, 0.2) is 6.61 Å². The van der Waals surface area contributed by atoms with E-state index in [-0.39, 0.29) is 0 Å². The predicted octanol–water partition coefficient (Wildman–Crippen LogP) is -1.02. The Morgan fingerprint density at radius 1 is 1.86 bits per heavy atom. The lowest BCUT2D eigenvalue weighted by atomic mass is 10.8. The van der Waals surface area contributed by atoms with E-state index in [9.17, 15) is 4.79 Å². The van der Waals surface area contributed by atoms with Crippen molar-refractivity contribution in [2.75, 3.05) is 6.61 Å². The zero-order valence-corrected chi connectivity index (χ0v) is 3.42. The molecule has 0 unspecified atom stereocenters. The quantitative estimate of drug-likeness (QED) is 0.402. The monoisotopic (exact) mass is 107 g/mol. The summed E-state index contributed by atoms with van der Waals surface area (Å²) < 4.78 is 0. The topological polar surface area (TPSA) is 78.8 Å². The maximum atomic E-state index is 9.48. The van der Waals surface area contributed by atoms with Gasteiger partial charge in [-0.05, 0) is 0 Å². The highest BCUT2D eigenvalue weighted by Crippen LogP contribution is 1.61. The number of carboxylic acids is 1. The molecule has 0 saturated heterocycles. The number of rotatable bonds is 3. The van der Waals surface area contributed by atoms with Gasteiger partial charge in [0.25, 0.3) is 0 Å². The molecule has 0 amide bonds. The Labute approximate surface area is 39.4 Å². The Kier molecular flexibility index (Phi) is 3.21. The van der Waals surface area contributed by atoms with Crippen LogP contribution in [0.5, 0.6) is 0 Å². The van der Waals surface area contributed by atoms with E-state index in [0.29, 0.717) is 0 Å². The molecule has 0 aliphatic rings. The smallest absolute Gasteiger partial charge is 0.331 e. The zero-order valence-electron chi connectivity index (χ0n) is 3.42. The van der Waals surface area contributed by atoms with Gasteiger partial charge >= 0.3 is 5.97 Å². The third kappa shape index (κ3) is 5.35. The van der Waals surface area contributed by atoms with Crippen molar-refractivity contribution < 1.29 is 19.9 Å². The molecule has 0 aromatic rings. The first kappa shape index (κ1) is 6.35. The molecule has 0 spiro atoms. The van der Waals surface area contributed by atoms with Crippen LogP contribution in [0.2, 0.25) is 0 Å². The summed E-state index contributed by atoms with van der Waals surface area (Å²) in [6.45, 7) is -0.545. The molecule has 5 heteroatoms. The largest absolute Gasteiger partial charge is 0.479 e. The third-order valence-corrected chi connectivity index (χ3v) is 0.260. The lowest BCUT2D eigenvalue weighted by molar-refractivity contribution is -0.164. The molecule has 0 atom stereocenters. The van der Waals surface area contributed by atoms with E-state index < -0.39 is 12.6 Å². The first-order chi connectivity index (χ1) is 3.27. The van der Waals surface area contributed by atoms with E-state index >= 15 is 0 Å². The van der Waals surface area contributed by atoms with Gasteiger partial charge in [0.05, 0.1) is 0 Å². The summed E-state index contributed by atoms with van der Waals surface area (Å²) in [5.74, 6) is -1.14. The molecule has 0 aliphatic heterocycles. The number of carbonyl (C=O) groups is 1. The standard InChI is InChI=1S/C2H5NO4/c4-2(5)1-7-3-6/h3,6H,1H2,(H,4,5). The van der Waals surface area contributed by atoms with Gasteiger partial charge in [-0.3, -0.25) is 10.0 Å². The van der Waals surface area contributed by atoms with Crippen LogP contribution in [0.1, 0.15) is 0 Å². The lowest BCUT2D eigenvalue weighted by Crippen LogP contribution is -2.15. The van der Waals surface area contributed by atoms with E-state index in [2.05, 4.69) is 4.84 Å². The van der Waals surface area contributed by atoms with Crippen LogP contribution in [0, 0.1) is 0 Å². The molecule has 0 aromatic heterocycles. The zero-order chi connectivity index (χ0) is 5.70. The third-order valence-electron chi connectivity index (χ3n) is 0.260. The highest BCUT2D eigenvalue weighted by molar-refractivity contribution is 5.67. The maximum absolute atomic E-state index is 9.48. The lowest BCUT2D eigenvalue weighted by Gasteiger charge is -1.90. The second kappa shape index (κ2) is 3.54. The van der Waals surface area contributed by atoms with Crippen LogP contribution < -0.4 is 5.64 Å². The summed E-state index contributed by atoms with van der Waals surface area (Å²) in [5.41, 5.74) is 1.22. The molecule has 7 heavy (non-hydrogen) atoms. The number of nitrogens with one attached hydrogen (secondary N) is 1. The van der Waals surface area contributed by atoms with E-state index in [1.54, 1.807) is 0 Å². The minimum atomic E-state index is -1.14. The summed E-state index contributed by atoms with van der Waals surface area (Å²) >= 11 is 0. The number of hydrogen-bond donors (Lipinski definition) is 3. The first-order valence-corrected chi connectivity index (χ1v) is 1.50. The van der Waals surface area contributed by atoms with Crippen LogP contribution >= 0.6 is 0 Å². The summed E-state index contributed by atoms with van der Waals surface area (Å²) in [6.07, 6.45) is 0. The molecular formula is C2H5NO4. The molecule has 0 rings (SSSR count). The van der Waals surface area contributed by atoms with Crippen molar-refractivity contribution >= 4 is 5.97 Å². The van der Waals surface area contributed by atoms with E-state index in [0.717, 1.165) is 0 Å². The van der Waals surface area contributed by atoms with Crippen molar-refractivity contribution in [2.45, 2.75) is 0 Å². The van der Waals surface area contributed by atoms with E-state index in [1.165, 1.54) is 5.64 Å². The molecule has 0 saturated carbocycles. The summed E-state index contributed by atoms with van der Waals surface area (Å²) in [4.78, 5) is 13.3. The Bertz CT molecular complexity index is 62.7. The highest BCUT2D eigenvalue weighted by Gasteiger charge is 1.91. The SMILES string of the molecule is O=C(O)CONO. The molecule has 0 bridgehead atoms. The normalized spacial score (nSPS) is 8.71. The van der Waals surface area contributed by atoms with Crippen molar-refractivity contribution in [1.82, 2.24) is 5.64 Å². The maximum Gasteiger partial charge on any atom is 0.331 e. The highest BCUT2D eigenvalue weighted by atomic mass is 16.8. The van der Waals surface area contributed by atoms with Gasteiger partial charge in [-0.1, -0.05) is 5.64 Å². The van der Waals surface area contributed by atoms with Crippen LogP contribution in [0.15, 0.2) is 0 Å². The van der Waals surface area contributed by atoms with Crippen molar-refractivity contribution in [2.24, 2.45) is 0 Å². The van der Waals surface area contributed by atoms with Gasteiger partial charge in [0.1, 0.15) is 0 Å². The minimum absolute atomic E-state index is 0.545. The number of carboxylic acid groups (broad SMARTS) is 1. The van der Waals surface area contributed by atoms with Gasteiger partial charge in [-0.2, -0.15) is 0 Å². The number of aliphatic carboxylic acids is 1. The Balaban J connectivity index is 2.82. The average Bonchev–Trinajstić information content (AvgIpc) is 1.61. The van der Waals surface area contributed by atoms with Gasteiger partial charge in [-0.25, -0.2) is 4.79 Å².